The second-order valence-electron chi connectivity index (χ2n) is 9.71. The normalized spacial score (nSPS) is 19.3. The van der Waals surface area contributed by atoms with Gasteiger partial charge >= 0.3 is 5.97 Å². The predicted molar refractivity (Wildman–Crippen MR) is 141 cm³/mol. The van der Waals surface area contributed by atoms with Gasteiger partial charge in [-0.05, 0) is 105 Å². The third-order valence-corrected chi connectivity index (χ3v) is 7.58. The van der Waals surface area contributed by atoms with Crippen molar-refractivity contribution in [3.8, 4) is 5.75 Å². The Morgan fingerprint density at radius 3 is 2.89 bits per heavy atom. The van der Waals surface area contributed by atoms with Crippen LogP contribution < -0.4 is 4.74 Å². The minimum atomic E-state index is -1.18. The molecule has 2 heterocycles. The number of halogens is 2. The Labute approximate surface area is 217 Å². The molecule has 0 amide bonds. The summed E-state index contributed by atoms with van der Waals surface area (Å²) in [6.45, 7) is 2.27. The van der Waals surface area contributed by atoms with Crippen LogP contribution >= 0.6 is 11.6 Å². The monoisotopic (exact) mass is 512 g/mol. The van der Waals surface area contributed by atoms with Crippen molar-refractivity contribution in [3.63, 3.8) is 0 Å². The number of carboxylic acids is 1. The minimum Gasteiger partial charge on any atom is -0.497 e. The average molecular weight is 513 g/mol. The van der Waals surface area contributed by atoms with Crippen molar-refractivity contribution >= 4 is 28.5 Å². The number of rotatable bonds is 11. The van der Waals surface area contributed by atoms with Crippen LogP contribution in [0.25, 0.3) is 10.9 Å². The Hall–Kier alpha value is -2.70. The Bertz CT molecular complexity index is 1170. The van der Waals surface area contributed by atoms with Crippen molar-refractivity contribution in [2.24, 2.45) is 11.8 Å². The number of carboxylic acid groups (broad SMARTS) is 1. The predicted octanol–water partition coefficient (Wildman–Crippen LogP) is 6.73. The fraction of sp³-hybridized carbons (Fsp3) is 0.448. The highest BCUT2D eigenvalue weighted by atomic mass is 35.5. The summed E-state index contributed by atoms with van der Waals surface area (Å²) in [6.07, 6.45) is 5.08. The molecule has 1 aliphatic heterocycles. The quantitative estimate of drug-likeness (QED) is 0.288. The number of aliphatic carboxylic acids is 1. The molecule has 0 bridgehead atoms. The molecule has 3 aromatic rings. The van der Waals surface area contributed by atoms with Crippen LogP contribution in [-0.2, 0) is 11.2 Å². The van der Waals surface area contributed by atoms with Crippen molar-refractivity contribution < 1.29 is 19.0 Å². The van der Waals surface area contributed by atoms with Crippen molar-refractivity contribution in [2.75, 3.05) is 26.7 Å². The molecular weight excluding hydrogens is 479 g/mol. The maximum Gasteiger partial charge on any atom is 0.308 e. The molecule has 3 atom stereocenters. The SMILES string of the molecule is COc1ccc2nccc([C@@H](F)CC[C@@H]3CCN(CCCCc4cccc(Cl)c4)C[C@@H]3C(=O)O)c2c1. The van der Waals surface area contributed by atoms with Gasteiger partial charge in [-0.25, -0.2) is 4.39 Å². The number of nitrogens with zero attached hydrogens (tertiary/aromatic N) is 2. The molecule has 1 aliphatic rings. The first kappa shape index (κ1) is 26.4. The Morgan fingerprint density at radius 2 is 2.11 bits per heavy atom. The number of aromatic nitrogens is 1. The second-order valence-corrected chi connectivity index (χ2v) is 10.1. The summed E-state index contributed by atoms with van der Waals surface area (Å²) in [7, 11) is 1.59. The summed E-state index contributed by atoms with van der Waals surface area (Å²) in [5.74, 6) is -0.604. The summed E-state index contributed by atoms with van der Waals surface area (Å²) < 4.78 is 20.7. The van der Waals surface area contributed by atoms with Gasteiger partial charge in [0, 0.05) is 23.2 Å². The molecular formula is C29H34ClFN2O3. The van der Waals surface area contributed by atoms with Gasteiger partial charge in [-0.2, -0.15) is 0 Å². The van der Waals surface area contributed by atoms with Gasteiger partial charge in [-0.3, -0.25) is 9.78 Å². The summed E-state index contributed by atoms with van der Waals surface area (Å²) in [5.41, 5.74) is 2.54. The van der Waals surface area contributed by atoms with E-state index < -0.39 is 18.1 Å². The largest absolute Gasteiger partial charge is 0.497 e. The van der Waals surface area contributed by atoms with Crippen LogP contribution in [0.1, 0.15) is 49.4 Å². The molecule has 1 saturated heterocycles. The van der Waals surface area contributed by atoms with E-state index in [1.54, 1.807) is 19.4 Å². The summed E-state index contributed by atoms with van der Waals surface area (Å²) in [6, 6.07) is 15.1. The molecule has 1 aromatic heterocycles. The number of ether oxygens (including phenoxy) is 1. The zero-order valence-electron chi connectivity index (χ0n) is 20.7. The highest BCUT2D eigenvalue weighted by Gasteiger charge is 2.34. The smallest absolute Gasteiger partial charge is 0.308 e. The van der Waals surface area contributed by atoms with E-state index in [9.17, 15) is 9.90 Å². The van der Waals surface area contributed by atoms with Gasteiger partial charge in [0.25, 0.3) is 0 Å². The van der Waals surface area contributed by atoms with E-state index in [1.807, 2.05) is 36.4 Å². The Balaban J connectivity index is 1.29. The first-order chi connectivity index (χ1) is 17.4. The van der Waals surface area contributed by atoms with E-state index in [-0.39, 0.29) is 5.92 Å². The Kier molecular flexibility index (Phi) is 9.16. The van der Waals surface area contributed by atoms with Crippen molar-refractivity contribution in [3.05, 3.63) is 70.9 Å². The molecule has 2 aromatic carbocycles. The maximum absolute atomic E-state index is 15.4. The lowest BCUT2D eigenvalue weighted by atomic mass is 9.81. The zero-order chi connectivity index (χ0) is 25.5. The molecule has 0 aliphatic carbocycles. The van der Waals surface area contributed by atoms with Gasteiger partial charge in [-0.1, -0.05) is 23.7 Å². The van der Waals surface area contributed by atoms with Crippen LogP contribution in [0.2, 0.25) is 5.02 Å². The van der Waals surface area contributed by atoms with Crippen LogP contribution in [0.4, 0.5) is 4.39 Å². The standard InChI is InChI=1S/C29H34ClFN2O3/c1-36-23-9-11-28-25(18-23)24(12-14-32-28)27(31)10-8-21-13-16-33(19-26(21)29(34)35)15-3-2-5-20-6-4-7-22(30)17-20/h4,6-7,9,11-12,14,17-18,21,26-27H,2-3,5,8,10,13,15-16,19H2,1H3,(H,34,35)/t21-,26+,27+/m1/s1. The summed E-state index contributed by atoms with van der Waals surface area (Å²) in [4.78, 5) is 18.6. The number of piperidine rings is 1. The third-order valence-electron chi connectivity index (χ3n) is 7.35. The fourth-order valence-corrected chi connectivity index (χ4v) is 5.53. The van der Waals surface area contributed by atoms with E-state index in [0.717, 1.165) is 54.7 Å². The number of carbonyl (C=O) groups is 1. The molecule has 0 spiro atoms. The molecule has 1 fully saturated rings. The highest BCUT2D eigenvalue weighted by molar-refractivity contribution is 6.30. The number of pyridine rings is 1. The number of alkyl halides is 1. The molecule has 4 rings (SSSR count). The fourth-order valence-electron chi connectivity index (χ4n) is 5.32. The lowest BCUT2D eigenvalue weighted by Gasteiger charge is -2.37. The van der Waals surface area contributed by atoms with Crippen molar-refractivity contribution in [1.82, 2.24) is 9.88 Å². The van der Waals surface area contributed by atoms with Crippen molar-refractivity contribution in [2.45, 2.75) is 44.7 Å². The first-order valence-electron chi connectivity index (χ1n) is 12.7. The number of hydrogen-bond acceptors (Lipinski definition) is 4. The number of likely N-dealkylation sites (tertiary alicyclic amines) is 1. The molecule has 1 N–H and O–H groups in total. The van der Waals surface area contributed by atoms with Crippen LogP contribution in [0, 0.1) is 11.8 Å². The number of fused-ring (bicyclic) bond motifs is 1. The Morgan fingerprint density at radius 1 is 1.25 bits per heavy atom. The number of methoxy groups -OCH3 is 1. The van der Waals surface area contributed by atoms with E-state index in [2.05, 4.69) is 16.0 Å². The van der Waals surface area contributed by atoms with Crippen molar-refractivity contribution in [1.29, 1.82) is 0 Å². The van der Waals surface area contributed by atoms with E-state index in [1.165, 1.54) is 5.56 Å². The minimum absolute atomic E-state index is 0.0221. The van der Waals surface area contributed by atoms with Gasteiger partial charge in [0.2, 0.25) is 0 Å². The average Bonchev–Trinajstić information content (AvgIpc) is 2.89. The number of unbranched alkanes of at least 4 members (excludes halogenated alkanes) is 1. The van der Waals surface area contributed by atoms with Crippen LogP contribution in [0.15, 0.2) is 54.7 Å². The molecule has 0 unspecified atom stereocenters. The second kappa shape index (κ2) is 12.5. The molecule has 36 heavy (non-hydrogen) atoms. The zero-order valence-corrected chi connectivity index (χ0v) is 21.5. The molecule has 5 nitrogen and oxygen atoms in total. The van der Waals surface area contributed by atoms with Gasteiger partial charge in [0.1, 0.15) is 11.9 Å². The third kappa shape index (κ3) is 6.74. The number of benzene rings is 2. The van der Waals surface area contributed by atoms with Crippen LogP contribution in [0.5, 0.6) is 5.75 Å². The molecule has 192 valence electrons. The lowest BCUT2D eigenvalue weighted by Crippen LogP contribution is -2.44. The topological polar surface area (TPSA) is 62.7 Å². The van der Waals surface area contributed by atoms with Gasteiger partial charge in [0.05, 0.1) is 18.5 Å². The number of aryl methyl sites for hydroxylation is 1. The lowest BCUT2D eigenvalue weighted by molar-refractivity contribution is -0.146. The molecule has 7 heteroatoms. The summed E-state index contributed by atoms with van der Waals surface area (Å²) >= 11 is 6.06. The van der Waals surface area contributed by atoms with E-state index >= 15 is 4.39 Å². The molecule has 0 radical (unpaired) electrons. The van der Waals surface area contributed by atoms with E-state index in [4.69, 9.17) is 16.3 Å². The molecule has 0 saturated carbocycles. The first-order valence-corrected chi connectivity index (χ1v) is 13.1. The van der Waals surface area contributed by atoms with Gasteiger partial charge < -0.3 is 14.7 Å². The van der Waals surface area contributed by atoms with E-state index in [0.29, 0.717) is 30.7 Å². The van der Waals surface area contributed by atoms with Crippen LogP contribution in [0.3, 0.4) is 0 Å². The summed E-state index contributed by atoms with van der Waals surface area (Å²) in [5, 5.41) is 11.4. The van der Waals surface area contributed by atoms with Crippen LogP contribution in [-0.4, -0.2) is 47.7 Å². The maximum atomic E-state index is 15.4. The highest BCUT2D eigenvalue weighted by Crippen LogP contribution is 2.35. The van der Waals surface area contributed by atoms with Gasteiger partial charge in [0.15, 0.2) is 0 Å². The van der Waals surface area contributed by atoms with Gasteiger partial charge in [-0.15, -0.1) is 0 Å². The number of hydrogen-bond donors (Lipinski definition) is 1.